The van der Waals surface area contributed by atoms with Gasteiger partial charge >= 0.3 is 0 Å². The molecule has 0 bridgehead atoms. The van der Waals surface area contributed by atoms with E-state index in [4.69, 9.17) is 5.73 Å². The van der Waals surface area contributed by atoms with Crippen LogP contribution < -0.4 is 16.0 Å². The smallest absolute Gasteiger partial charge is 0.228 e. The molecule has 1 aromatic carbocycles. The number of β-lactam (4-membered cyclic amide) rings is 1. The topological polar surface area (TPSA) is 70.7 Å². The number of nitrogens with two attached hydrogens (primary N) is 1. The monoisotopic (exact) mass is 274 g/mol. The number of carbonyl (C=O) groups excluding carboxylic acids is 1. The molecule has 0 atom stereocenters. The minimum Gasteiger partial charge on any atom is -0.370 e. The van der Waals surface area contributed by atoms with Gasteiger partial charge in [-0.05, 0) is 38.5 Å². The average molecular weight is 274 g/mol. The number of carbonyl (C=O) groups is 1. The van der Waals surface area contributed by atoms with Gasteiger partial charge in [0, 0.05) is 24.2 Å². The molecule has 1 heterocycles. The van der Waals surface area contributed by atoms with Crippen molar-refractivity contribution < 1.29 is 4.79 Å². The van der Waals surface area contributed by atoms with Crippen LogP contribution in [-0.4, -0.2) is 24.0 Å². The Labute approximate surface area is 119 Å². The van der Waals surface area contributed by atoms with E-state index in [9.17, 15) is 4.79 Å². The van der Waals surface area contributed by atoms with Crippen molar-refractivity contribution in [2.45, 2.75) is 39.3 Å². The summed E-state index contributed by atoms with van der Waals surface area (Å²) in [6.07, 6.45) is 0.644. The molecule has 108 valence electrons. The Bertz CT molecular complexity index is 531. The summed E-state index contributed by atoms with van der Waals surface area (Å²) >= 11 is 0. The largest absolute Gasteiger partial charge is 0.370 e. The lowest BCUT2D eigenvalue weighted by Crippen LogP contribution is -2.45. The van der Waals surface area contributed by atoms with Crippen molar-refractivity contribution >= 4 is 17.6 Å². The predicted molar refractivity (Wildman–Crippen MR) is 81.6 cm³/mol. The SMILES string of the molecule is CC(C)(C)NC(N)=NCc1cccc(N2CCC2=O)c1. The normalized spacial score (nSPS) is 16.1. The molecular weight excluding hydrogens is 252 g/mol. The number of benzene rings is 1. The van der Waals surface area contributed by atoms with Crippen LogP contribution in [0.4, 0.5) is 5.69 Å². The number of rotatable bonds is 3. The standard InChI is InChI=1S/C15H22N4O/c1-15(2,3)18-14(16)17-10-11-5-4-6-12(9-11)19-8-7-13(19)20/h4-6,9H,7-8,10H2,1-3H3,(H3,16,17,18). The van der Waals surface area contributed by atoms with E-state index < -0.39 is 0 Å². The molecule has 0 spiro atoms. The maximum Gasteiger partial charge on any atom is 0.228 e. The van der Waals surface area contributed by atoms with Crippen LogP contribution in [0.25, 0.3) is 0 Å². The molecule has 0 aromatic heterocycles. The highest BCUT2D eigenvalue weighted by molar-refractivity contribution is 5.99. The van der Waals surface area contributed by atoms with Crippen molar-refractivity contribution in [2.75, 3.05) is 11.4 Å². The zero-order valence-electron chi connectivity index (χ0n) is 12.3. The number of hydrogen-bond donors (Lipinski definition) is 2. The lowest BCUT2D eigenvalue weighted by molar-refractivity contribution is -0.122. The molecule has 0 radical (unpaired) electrons. The number of hydrogen-bond acceptors (Lipinski definition) is 2. The summed E-state index contributed by atoms with van der Waals surface area (Å²) in [5.41, 5.74) is 7.73. The third-order valence-corrected chi connectivity index (χ3v) is 3.01. The highest BCUT2D eigenvalue weighted by Crippen LogP contribution is 2.22. The zero-order valence-corrected chi connectivity index (χ0v) is 12.3. The van der Waals surface area contributed by atoms with Gasteiger partial charge < -0.3 is 16.0 Å². The highest BCUT2D eigenvalue weighted by atomic mass is 16.2. The first-order valence-corrected chi connectivity index (χ1v) is 6.82. The molecular formula is C15H22N4O. The average Bonchev–Trinajstić information content (AvgIpc) is 2.33. The van der Waals surface area contributed by atoms with E-state index >= 15 is 0 Å². The number of aliphatic imine (C=N–C) groups is 1. The Morgan fingerprint density at radius 3 is 2.75 bits per heavy atom. The maximum atomic E-state index is 11.4. The van der Waals surface area contributed by atoms with E-state index in [1.165, 1.54) is 0 Å². The summed E-state index contributed by atoms with van der Waals surface area (Å²) in [5, 5.41) is 3.12. The predicted octanol–water partition coefficient (Wildman–Crippen LogP) is 1.63. The van der Waals surface area contributed by atoms with Crippen LogP contribution in [-0.2, 0) is 11.3 Å². The number of guanidine groups is 1. The third kappa shape index (κ3) is 3.73. The van der Waals surface area contributed by atoms with Gasteiger partial charge in [0.15, 0.2) is 5.96 Å². The van der Waals surface area contributed by atoms with Crippen molar-refractivity contribution in [1.29, 1.82) is 0 Å². The molecule has 1 fully saturated rings. The van der Waals surface area contributed by atoms with E-state index in [0.717, 1.165) is 17.8 Å². The van der Waals surface area contributed by atoms with Crippen molar-refractivity contribution in [3.8, 4) is 0 Å². The van der Waals surface area contributed by atoms with Crippen LogP contribution in [0, 0.1) is 0 Å². The number of nitrogens with zero attached hydrogens (tertiary/aromatic N) is 2. The Kier molecular flexibility index (Phi) is 3.97. The molecule has 1 aliphatic rings. The van der Waals surface area contributed by atoms with Gasteiger partial charge in [0.25, 0.3) is 0 Å². The molecule has 2 rings (SSSR count). The van der Waals surface area contributed by atoms with Crippen LogP contribution in [0.15, 0.2) is 29.3 Å². The molecule has 5 nitrogen and oxygen atoms in total. The van der Waals surface area contributed by atoms with Crippen molar-refractivity contribution in [2.24, 2.45) is 10.7 Å². The van der Waals surface area contributed by atoms with E-state index in [1.54, 1.807) is 4.90 Å². The molecule has 0 aliphatic carbocycles. The van der Waals surface area contributed by atoms with Gasteiger partial charge in [-0.1, -0.05) is 12.1 Å². The first kappa shape index (κ1) is 14.4. The van der Waals surface area contributed by atoms with E-state index in [-0.39, 0.29) is 11.4 Å². The van der Waals surface area contributed by atoms with Gasteiger partial charge in [0.2, 0.25) is 5.91 Å². The molecule has 1 saturated heterocycles. The zero-order chi connectivity index (χ0) is 14.8. The summed E-state index contributed by atoms with van der Waals surface area (Å²) in [5.74, 6) is 0.613. The van der Waals surface area contributed by atoms with E-state index in [2.05, 4.69) is 10.3 Å². The fourth-order valence-corrected chi connectivity index (χ4v) is 2.01. The summed E-state index contributed by atoms with van der Waals surface area (Å²) in [6, 6.07) is 7.87. The minimum atomic E-state index is -0.0977. The second kappa shape index (κ2) is 5.53. The van der Waals surface area contributed by atoms with Crippen molar-refractivity contribution in [3.63, 3.8) is 0 Å². The molecule has 1 amide bonds. The highest BCUT2D eigenvalue weighted by Gasteiger charge is 2.24. The molecule has 3 N–H and O–H groups in total. The number of amides is 1. The summed E-state index contributed by atoms with van der Waals surface area (Å²) in [4.78, 5) is 17.5. The molecule has 0 saturated carbocycles. The maximum absolute atomic E-state index is 11.4. The van der Waals surface area contributed by atoms with Crippen LogP contribution in [0.3, 0.4) is 0 Å². The second-order valence-corrected chi connectivity index (χ2v) is 6.04. The first-order valence-electron chi connectivity index (χ1n) is 6.82. The van der Waals surface area contributed by atoms with Gasteiger partial charge in [0.05, 0.1) is 6.54 Å². The van der Waals surface area contributed by atoms with Crippen LogP contribution in [0.2, 0.25) is 0 Å². The fourth-order valence-electron chi connectivity index (χ4n) is 2.01. The minimum absolute atomic E-state index is 0.0977. The second-order valence-electron chi connectivity index (χ2n) is 6.04. The van der Waals surface area contributed by atoms with Gasteiger partial charge in [0.1, 0.15) is 0 Å². The summed E-state index contributed by atoms with van der Waals surface area (Å²) < 4.78 is 0. The van der Waals surface area contributed by atoms with Gasteiger partial charge in [-0.25, -0.2) is 4.99 Å². The quantitative estimate of drug-likeness (QED) is 0.500. The molecule has 1 aromatic rings. The van der Waals surface area contributed by atoms with E-state index in [0.29, 0.717) is 18.9 Å². The Morgan fingerprint density at radius 2 is 2.20 bits per heavy atom. The van der Waals surface area contributed by atoms with E-state index in [1.807, 2.05) is 45.0 Å². The number of anilines is 1. The van der Waals surface area contributed by atoms with Gasteiger partial charge in [-0.15, -0.1) is 0 Å². The summed E-state index contributed by atoms with van der Waals surface area (Å²) in [6.45, 7) is 7.41. The Balaban J connectivity index is 2.01. The van der Waals surface area contributed by atoms with Crippen molar-refractivity contribution in [1.82, 2.24) is 5.32 Å². The molecule has 0 unspecified atom stereocenters. The first-order chi connectivity index (χ1) is 9.35. The van der Waals surface area contributed by atoms with Gasteiger partial charge in [-0.3, -0.25) is 4.79 Å². The lowest BCUT2D eigenvalue weighted by atomic mass is 10.1. The summed E-state index contributed by atoms with van der Waals surface area (Å²) in [7, 11) is 0. The van der Waals surface area contributed by atoms with Crippen LogP contribution in [0.5, 0.6) is 0 Å². The van der Waals surface area contributed by atoms with Crippen LogP contribution >= 0.6 is 0 Å². The Hall–Kier alpha value is -2.04. The molecule has 1 aliphatic heterocycles. The fraction of sp³-hybridized carbons (Fsp3) is 0.467. The third-order valence-electron chi connectivity index (χ3n) is 3.01. The van der Waals surface area contributed by atoms with Gasteiger partial charge in [-0.2, -0.15) is 0 Å². The number of nitrogens with one attached hydrogen (secondary N) is 1. The lowest BCUT2D eigenvalue weighted by Gasteiger charge is -2.30. The van der Waals surface area contributed by atoms with Crippen LogP contribution in [0.1, 0.15) is 32.8 Å². The Morgan fingerprint density at radius 1 is 1.45 bits per heavy atom. The molecule has 5 heteroatoms. The molecule has 20 heavy (non-hydrogen) atoms. The van der Waals surface area contributed by atoms with Crippen molar-refractivity contribution in [3.05, 3.63) is 29.8 Å².